The molecular weight excluding hydrogens is 220 g/mol. The van der Waals surface area contributed by atoms with E-state index in [9.17, 15) is 13.0 Å². The summed E-state index contributed by atoms with van der Waals surface area (Å²) >= 11 is 0. The Labute approximate surface area is 91.0 Å². The fourth-order valence-electron chi connectivity index (χ4n) is 1.08. The second kappa shape index (κ2) is 8.00. The molecule has 1 aliphatic heterocycles. The van der Waals surface area contributed by atoms with Crippen molar-refractivity contribution in [1.29, 1.82) is 0 Å². The van der Waals surface area contributed by atoms with Crippen molar-refractivity contribution in [2.24, 2.45) is 0 Å². The summed E-state index contributed by atoms with van der Waals surface area (Å²) < 4.78 is 28.3. The quantitative estimate of drug-likeness (QED) is 0.578. The molecule has 1 fully saturated rings. The molecule has 0 amide bonds. The predicted molar refractivity (Wildman–Crippen MR) is 56.6 cm³/mol. The Balaban J connectivity index is 0.000000288. The van der Waals surface area contributed by atoms with Crippen LogP contribution < -0.4 is 5.32 Å². The van der Waals surface area contributed by atoms with Crippen molar-refractivity contribution in [3.63, 3.8) is 0 Å². The highest BCUT2D eigenvalue weighted by Gasteiger charge is 2.06. The summed E-state index contributed by atoms with van der Waals surface area (Å²) in [6, 6.07) is 0. The molecule has 0 saturated carbocycles. The second-order valence-corrected chi connectivity index (χ2v) is 4.85. The average Bonchev–Trinajstić information content (AvgIpc) is 2.20. The summed E-state index contributed by atoms with van der Waals surface area (Å²) in [4.78, 5) is 2.26. The topological polar surface area (TPSA) is 92.7 Å². The zero-order valence-corrected chi connectivity index (χ0v) is 9.79. The van der Waals surface area contributed by atoms with E-state index < -0.39 is 10.1 Å². The molecular formula is C8H19N2O4S-. The van der Waals surface area contributed by atoms with Crippen molar-refractivity contribution in [2.45, 2.75) is 6.92 Å². The van der Waals surface area contributed by atoms with Crippen LogP contribution in [-0.4, -0.2) is 68.1 Å². The lowest BCUT2D eigenvalue weighted by Gasteiger charge is -2.25. The normalized spacial score (nSPS) is 18.1. The van der Waals surface area contributed by atoms with Gasteiger partial charge in [-0.2, -0.15) is 0 Å². The fourth-order valence-corrected chi connectivity index (χ4v) is 1.08. The molecule has 6 nitrogen and oxygen atoms in total. The standard InChI is InChI=1S/C6H14N2O.C2H6O3S/c9-6-5-8-3-1-7-2-4-8;1-2-6(3,4)5/h7,9H,1-6H2;2H2,1H3,(H,3,4,5)/p-1. The van der Waals surface area contributed by atoms with Gasteiger partial charge in [-0.3, -0.25) is 4.90 Å². The van der Waals surface area contributed by atoms with Crippen LogP contribution in [0.3, 0.4) is 0 Å². The molecule has 1 aliphatic rings. The minimum Gasteiger partial charge on any atom is -0.748 e. The molecule has 0 aromatic carbocycles. The Bertz CT molecular complexity index is 234. The van der Waals surface area contributed by atoms with Gasteiger partial charge in [-0.25, -0.2) is 8.42 Å². The minimum absolute atomic E-state index is 0.292. The maximum absolute atomic E-state index is 9.44. The Morgan fingerprint density at radius 2 is 1.87 bits per heavy atom. The SMILES string of the molecule is CCS(=O)(=O)[O-].OCCN1CCNCC1. The molecule has 0 radical (unpaired) electrons. The Morgan fingerprint density at radius 3 is 2.20 bits per heavy atom. The molecule has 0 bridgehead atoms. The Hall–Kier alpha value is -0.210. The highest BCUT2D eigenvalue weighted by atomic mass is 32.2. The minimum atomic E-state index is -3.91. The number of β-amino-alcohol motifs (C(OH)–C–C–N with tert-alkyl or cyclic N) is 1. The van der Waals surface area contributed by atoms with Crippen molar-refractivity contribution in [1.82, 2.24) is 10.2 Å². The van der Waals surface area contributed by atoms with E-state index in [1.165, 1.54) is 6.92 Å². The third kappa shape index (κ3) is 10.1. The average molecular weight is 239 g/mol. The molecule has 0 atom stereocenters. The maximum Gasteiger partial charge on any atom is 0.0943 e. The van der Waals surface area contributed by atoms with Crippen molar-refractivity contribution >= 4 is 10.1 Å². The monoisotopic (exact) mass is 239 g/mol. The maximum atomic E-state index is 9.44. The van der Waals surface area contributed by atoms with Crippen molar-refractivity contribution in [2.75, 3.05) is 45.1 Å². The van der Waals surface area contributed by atoms with E-state index in [0.717, 1.165) is 32.7 Å². The van der Waals surface area contributed by atoms with Gasteiger partial charge in [0.15, 0.2) is 0 Å². The number of hydrogen-bond acceptors (Lipinski definition) is 6. The van der Waals surface area contributed by atoms with E-state index in [1.807, 2.05) is 0 Å². The summed E-state index contributed by atoms with van der Waals surface area (Å²) in [7, 11) is -3.91. The van der Waals surface area contributed by atoms with E-state index >= 15 is 0 Å². The van der Waals surface area contributed by atoms with E-state index in [4.69, 9.17) is 5.11 Å². The van der Waals surface area contributed by atoms with Gasteiger partial charge in [0.2, 0.25) is 0 Å². The highest BCUT2D eigenvalue weighted by molar-refractivity contribution is 7.85. The molecule has 0 aromatic heterocycles. The third-order valence-corrected chi connectivity index (χ3v) is 2.69. The van der Waals surface area contributed by atoms with Gasteiger partial charge in [0.25, 0.3) is 0 Å². The first kappa shape index (κ1) is 14.8. The molecule has 1 heterocycles. The largest absolute Gasteiger partial charge is 0.748 e. The van der Waals surface area contributed by atoms with Crippen LogP contribution in [0.2, 0.25) is 0 Å². The van der Waals surface area contributed by atoms with Crippen molar-refractivity contribution < 1.29 is 18.1 Å². The summed E-state index contributed by atoms with van der Waals surface area (Å²) in [5.74, 6) is -0.312. The van der Waals surface area contributed by atoms with Crippen LogP contribution in [0.4, 0.5) is 0 Å². The van der Waals surface area contributed by atoms with Gasteiger partial charge in [0.1, 0.15) is 0 Å². The van der Waals surface area contributed by atoms with Crippen LogP contribution in [0.25, 0.3) is 0 Å². The number of hydrogen-bond donors (Lipinski definition) is 2. The Morgan fingerprint density at radius 1 is 1.40 bits per heavy atom. The molecule has 2 N–H and O–H groups in total. The van der Waals surface area contributed by atoms with Crippen LogP contribution in [-0.2, 0) is 10.1 Å². The van der Waals surface area contributed by atoms with E-state index in [0.29, 0.717) is 6.61 Å². The van der Waals surface area contributed by atoms with Gasteiger partial charge >= 0.3 is 0 Å². The lowest BCUT2D eigenvalue weighted by Crippen LogP contribution is -2.44. The summed E-state index contributed by atoms with van der Waals surface area (Å²) in [6.07, 6.45) is 0. The molecule has 0 spiro atoms. The molecule has 0 aromatic rings. The number of piperazine rings is 1. The summed E-state index contributed by atoms with van der Waals surface area (Å²) in [5.41, 5.74) is 0. The van der Waals surface area contributed by atoms with Crippen LogP contribution >= 0.6 is 0 Å². The second-order valence-electron chi connectivity index (χ2n) is 3.16. The molecule has 1 saturated heterocycles. The third-order valence-electron chi connectivity index (χ3n) is 1.98. The summed E-state index contributed by atoms with van der Waals surface area (Å²) in [5, 5.41) is 11.8. The highest BCUT2D eigenvalue weighted by Crippen LogP contribution is 1.88. The number of rotatable bonds is 3. The number of aliphatic hydroxyl groups excluding tert-OH is 1. The van der Waals surface area contributed by atoms with Gasteiger partial charge < -0.3 is 15.0 Å². The predicted octanol–water partition coefficient (Wildman–Crippen LogP) is -1.56. The van der Waals surface area contributed by atoms with E-state index in [2.05, 4.69) is 10.2 Å². The first-order valence-corrected chi connectivity index (χ1v) is 6.55. The number of nitrogens with one attached hydrogen (secondary N) is 1. The van der Waals surface area contributed by atoms with Gasteiger partial charge in [0.05, 0.1) is 16.7 Å². The lowest BCUT2D eigenvalue weighted by molar-refractivity contribution is 0.180. The molecule has 0 aliphatic carbocycles. The summed E-state index contributed by atoms with van der Waals surface area (Å²) in [6.45, 7) is 6.74. The molecule has 0 unspecified atom stereocenters. The van der Waals surface area contributed by atoms with Gasteiger partial charge in [-0.15, -0.1) is 0 Å². The first-order chi connectivity index (χ1) is 6.99. The van der Waals surface area contributed by atoms with Crippen LogP contribution in [0.5, 0.6) is 0 Å². The van der Waals surface area contributed by atoms with Crippen molar-refractivity contribution in [3.05, 3.63) is 0 Å². The molecule has 15 heavy (non-hydrogen) atoms. The first-order valence-electron chi connectivity index (χ1n) is 4.97. The van der Waals surface area contributed by atoms with E-state index in [-0.39, 0.29) is 5.75 Å². The zero-order chi connectivity index (χ0) is 11.7. The Kier molecular flexibility index (Phi) is 7.89. The molecule has 1 rings (SSSR count). The van der Waals surface area contributed by atoms with Crippen molar-refractivity contribution in [3.8, 4) is 0 Å². The van der Waals surface area contributed by atoms with Crippen LogP contribution in [0.15, 0.2) is 0 Å². The van der Waals surface area contributed by atoms with Gasteiger partial charge in [-0.05, 0) is 0 Å². The zero-order valence-electron chi connectivity index (χ0n) is 8.98. The van der Waals surface area contributed by atoms with E-state index in [1.54, 1.807) is 0 Å². The van der Waals surface area contributed by atoms with Gasteiger partial charge in [0, 0.05) is 38.5 Å². The molecule has 92 valence electrons. The molecule has 7 heteroatoms. The smallest absolute Gasteiger partial charge is 0.0943 e. The van der Waals surface area contributed by atoms with Crippen LogP contribution in [0, 0.1) is 0 Å². The number of nitrogens with zero attached hydrogens (tertiary/aromatic N) is 1. The van der Waals surface area contributed by atoms with Crippen LogP contribution in [0.1, 0.15) is 6.92 Å². The van der Waals surface area contributed by atoms with Gasteiger partial charge in [-0.1, -0.05) is 6.92 Å². The number of aliphatic hydroxyl groups is 1. The fraction of sp³-hybridized carbons (Fsp3) is 1.00. The lowest BCUT2D eigenvalue weighted by atomic mass is 10.4.